The lowest BCUT2D eigenvalue weighted by Crippen LogP contribution is -2.39. The van der Waals surface area contributed by atoms with Crippen LogP contribution >= 0.6 is 27.7 Å². The van der Waals surface area contributed by atoms with Crippen LogP contribution in [0.2, 0.25) is 0 Å². The molecule has 0 bridgehead atoms. The summed E-state index contributed by atoms with van der Waals surface area (Å²) in [5.74, 6) is -0.297. The molecule has 200 valence electrons. The van der Waals surface area contributed by atoms with E-state index in [1.54, 1.807) is 18.7 Å². The fraction of sp³-hybridized carbons (Fsp3) is 0.233. The number of anilines is 1. The predicted molar refractivity (Wildman–Crippen MR) is 159 cm³/mol. The minimum absolute atomic E-state index is 0.0544. The number of amides is 2. The Kier molecular flexibility index (Phi) is 7.81. The maximum Gasteiger partial charge on any atom is 0.295 e. The first kappa shape index (κ1) is 27.0. The molecule has 1 aromatic heterocycles. The van der Waals surface area contributed by atoms with Gasteiger partial charge in [-0.3, -0.25) is 19.1 Å². The molecule has 4 aromatic rings. The minimum Gasteiger partial charge on any atom is -0.332 e. The van der Waals surface area contributed by atoms with Crippen molar-refractivity contribution in [3.8, 4) is 5.69 Å². The number of rotatable bonds is 6. The van der Waals surface area contributed by atoms with Gasteiger partial charge in [-0.1, -0.05) is 58.4 Å². The molecule has 0 radical (unpaired) electrons. The van der Waals surface area contributed by atoms with Gasteiger partial charge in [0.15, 0.2) is 0 Å². The van der Waals surface area contributed by atoms with E-state index in [1.165, 1.54) is 22.0 Å². The van der Waals surface area contributed by atoms with Crippen molar-refractivity contribution in [2.45, 2.75) is 31.2 Å². The van der Waals surface area contributed by atoms with Crippen molar-refractivity contribution in [2.24, 2.45) is 7.05 Å². The minimum atomic E-state index is -0.307. The van der Waals surface area contributed by atoms with Crippen LogP contribution in [0.1, 0.15) is 40.1 Å². The highest BCUT2D eigenvalue weighted by Crippen LogP contribution is 2.35. The summed E-state index contributed by atoms with van der Waals surface area (Å²) in [6, 6.07) is 22.7. The van der Waals surface area contributed by atoms with Gasteiger partial charge in [0.2, 0.25) is 5.91 Å². The van der Waals surface area contributed by atoms with Crippen molar-refractivity contribution in [1.82, 2.24) is 14.3 Å². The Morgan fingerprint density at radius 2 is 1.74 bits per heavy atom. The van der Waals surface area contributed by atoms with Gasteiger partial charge in [-0.15, -0.1) is 11.8 Å². The molecule has 0 fully saturated rings. The van der Waals surface area contributed by atoms with E-state index in [4.69, 9.17) is 0 Å². The number of para-hydroxylation sites is 1. The first-order valence-corrected chi connectivity index (χ1v) is 14.5. The molecule has 1 aliphatic rings. The Bertz CT molecular complexity index is 1610. The van der Waals surface area contributed by atoms with Gasteiger partial charge in [0, 0.05) is 23.0 Å². The molecule has 2 heterocycles. The third-order valence-corrected chi connectivity index (χ3v) is 9.05. The van der Waals surface area contributed by atoms with Crippen molar-refractivity contribution in [3.63, 3.8) is 0 Å². The number of thioether (sulfide) groups is 1. The van der Waals surface area contributed by atoms with E-state index < -0.39 is 0 Å². The van der Waals surface area contributed by atoms with Gasteiger partial charge in [-0.25, -0.2) is 4.68 Å². The van der Waals surface area contributed by atoms with Crippen LogP contribution in [0.25, 0.3) is 5.69 Å². The predicted octanol–water partition coefficient (Wildman–Crippen LogP) is 5.74. The molecule has 3 aromatic carbocycles. The summed E-state index contributed by atoms with van der Waals surface area (Å²) >= 11 is 4.93. The van der Waals surface area contributed by atoms with E-state index in [0.717, 1.165) is 27.0 Å². The molecule has 1 aliphatic heterocycles. The molecule has 0 saturated heterocycles. The van der Waals surface area contributed by atoms with Crippen molar-refractivity contribution < 1.29 is 9.59 Å². The Morgan fingerprint density at radius 1 is 1.03 bits per heavy atom. The van der Waals surface area contributed by atoms with Crippen LogP contribution in [0, 0.1) is 6.92 Å². The maximum absolute atomic E-state index is 13.7. The highest BCUT2D eigenvalue weighted by atomic mass is 79.9. The number of carbonyl (C=O) groups is 2. The van der Waals surface area contributed by atoms with Crippen LogP contribution in [0.15, 0.2) is 87.0 Å². The summed E-state index contributed by atoms with van der Waals surface area (Å²) in [5, 5.41) is 2.80. The van der Waals surface area contributed by atoms with Crippen LogP contribution in [-0.2, 0) is 18.3 Å². The van der Waals surface area contributed by atoms with Crippen molar-refractivity contribution in [1.29, 1.82) is 0 Å². The van der Waals surface area contributed by atoms with Gasteiger partial charge >= 0.3 is 0 Å². The molecule has 0 aliphatic carbocycles. The number of hydrogen-bond acceptors (Lipinski definition) is 4. The molecular weight excluding hydrogens is 576 g/mol. The van der Waals surface area contributed by atoms with Crippen LogP contribution in [0.4, 0.5) is 5.69 Å². The van der Waals surface area contributed by atoms with Gasteiger partial charge < -0.3 is 10.2 Å². The molecular formula is C30H29BrN4O3S. The first-order chi connectivity index (χ1) is 18.8. The monoisotopic (exact) mass is 604 g/mol. The van der Waals surface area contributed by atoms with Gasteiger partial charge in [0.05, 0.1) is 28.7 Å². The van der Waals surface area contributed by atoms with Crippen LogP contribution in [0.3, 0.4) is 0 Å². The van der Waals surface area contributed by atoms with E-state index in [0.29, 0.717) is 17.8 Å². The highest BCUT2D eigenvalue weighted by Gasteiger charge is 2.30. The van der Waals surface area contributed by atoms with Crippen molar-refractivity contribution >= 4 is 45.2 Å². The van der Waals surface area contributed by atoms with Crippen molar-refractivity contribution in [3.05, 3.63) is 110 Å². The summed E-state index contributed by atoms with van der Waals surface area (Å²) in [4.78, 5) is 42.4. The second-order valence-electron chi connectivity index (χ2n) is 9.50. The largest absolute Gasteiger partial charge is 0.332 e. The fourth-order valence-corrected chi connectivity index (χ4v) is 6.48. The molecule has 1 atom stereocenters. The summed E-state index contributed by atoms with van der Waals surface area (Å²) in [6.07, 6.45) is 0.779. The van der Waals surface area contributed by atoms with Crippen molar-refractivity contribution in [2.75, 3.05) is 17.6 Å². The number of benzene rings is 3. The number of nitrogens with one attached hydrogen (secondary N) is 1. The quantitative estimate of drug-likeness (QED) is 0.285. The number of hydrogen-bond donors (Lipinski definition) is 1. The van der Waals surface area contributed by atoms with E-state index in [2.05, 4.69) is 34.2 Å². The SMILES string of the molecule is Cc1c(NC(=O)CSc2ccccc2C(=O)N2CCc3c(Br)cccc3C2C)c(=O)n(-c2ccccc2)n1C. The third-order valence-electron chi connectivity index (χ3n) is 7.23. The molecule has 2 amide bonds. The number of carbonyl (C=O) groups excluding carboxylic acids is 2. The lowest BCUT2D eigenvalue weighted by molar-refractivity contribution is -0.113. The van der Waals surface area contributed by atoms with Gasteiger partial charge in [0.25, 0.3) is 11.5 Å². The number of halogens is 1. The number of nitrogens with zero attached hydrogens (tertiary/aromatic N) is 3. The summed E-state index contributed by atoms with van der Waals surface area (Å²) in [5.41, 5.74) is 4.30. The maximum atomic E-state index is 13.7. The molecule has 1 unspecified atom stereocenters. The number of aromatic nitrogens is 2. The van der Waals surface area contributed by atoms with Gasteiger partial charge in [-0.2, -0.15) is 0 Å². The first-order valence-electron chi connectivity index (χ1n) is 12.7. The molecule has 7 nitrogen and oxygen atoms in total. The second kappa shape index (κ2) is 11.3. The molecule has 0 spiro atoms. The van der Waals surface area contributed by atoms with Crippen LogP contribution in [-0.4, -0.2) is 38.4 Å². The Hall–Kier alpha value is -3.56. The molecule has 0 saturated carbocycles. The Morgan fingerprint density at radius 3 is 2.51 bits per heavy atom. The average molecular weight is 606 g/mol. The lowest BCUT2D eigenvalue weighted by Gasteiger charge is -2.36. The van der Waals surface area contributed by atoms with Gasteiger partial charge in [-0.05, 0) is 61.7 Å². The zero-order valence-corrected chi connectivity index (χ0v) is 24.4. The smallest absolute Gasteiger partial charge is 0.295 e. The topological polar surface area (TPSA) is 76.3 Å². The second-order valence-corrected chi connectivity index (χ2v) is 11.4. The normalized spacial score (nSPS) is 14.7. The molecule has 1 N–H and O–H groups in total. The van der Waals surface area contributed by atoms with Crippen LogP contribution < -0.4 is 10.9 Å². The average Bonchev–Trinajstić information content (AvgIpc) is 3.15. The fourth-order valence-electron chi connectivity index (χ4n) is 5.06. The van der Waals surface area contributed by atoms with E-state index in [9.17, 15) is 14.4 Å². The molecule has 39 heavy (non-hydrogen) atoms. The highest BCUT2D eigenvalue weighted by molar-refractivity contribution is 9.10. The Balaban J connectivity index is 1.31. The summed E-state index contributed by atoms with van der Waals surface area (Å²) < 4.78 is 4.33. The van der Waals surface area contributed by atoms with E-state index in [-0.39, 0.29) is 34.9 Å². The summed E-state index contributed by atoms with van der Waals surface area (Å²) in [7, 11) is 1.79. The van der Waals surface area contributed by atoms with E-state index in [1.807, 2.05) is 71.6 Å². The zero-order valence-electron chi connectivity index (χ0n) is 22.0. The zero-order chi connectivity index (χ0) is 27.7. The summed E-state index contributed by atoms with van der Waals surface area (Å²) in [6.45, 7) is 4.47. The Labute approximate surface area is 239 Å². The molecule has 9 heteroatoms. The van der Waals surface area contributed by atoms with E-state index >= 15 is 0 Å². The third kappa shape index (κ3) is 5.21. The van der Waals surface area contributed by atoms with Gasteiger partial charge in [0.1, 0.15) is 5.69 Å². The van der Waals surface area contributed by atoms with Crippen LogP contribution in [0.5, 0.6) is 0 Å². The number of fused-ring (bicyclic) bond motifs is 1. The standard InChI is InChI=1S/C30H29BrN4O3S/c1-19-22-13-9-14-25(31)23(22)16-17-34(19)29(37)24-12-7-8-15-26(24)39-18-27(36)32-28-20(2)33(3)35(30(28)38)21-10-5-4-6-11-21/h4-15,19H,16-18H2,1-3H3,(H,32,36). The molecule has 5 rings (SSSR count). The lowest BCUT2D eigenvalue weighted by atomic mass is 9.93.